The van der Waals surface area contributed by atoms with Crippen molar-refractivity contribution in [2.75, 3.05) is 12.4 Å². The molecule has 0 aromatic heterocycles. The van der Waals surface area contributed by atoms with Crippen LogP contribution in [0.3, 0.4) is 0 Å². The lowest BCUT2D eigenvalue weighted by molar-refractivity contribution is 0.0853. The quantitative estimate of drug-likeness (QED) is 0.538. The maximum atomic E-state index is 5.34. The van der Waals surface area contributed by atoms with Crippen LogP contribution in [0.15, 0.2) is 0 Å². The van der Waals surface area contributed by atoms with Gasteiger partial charge in [0.25, 0.3) is 0 Å². The number of ether oxygens (including phenoxy) is 1. The molecule has 48 valence electrons. The van der Waals surface area contributed by atoms with Gasteiger partial charge in [-0.2, -0.15) is 11.8 Å². The normalized spacial score (nSPS) is 26.6. The van der Waals surface area contributed by atoms with E-state index in [0.717, 1.165) is 11.9 Å². The zero-order chi connectivity index (χ0) is 5.98. The molecule has 1 saturated heterocycles. The van der Waals surface area contributed by atoms with Crippen LogP contribution in [-0.4, -0.2) is 23.7 Å². The first-order valence-corrected chi connectivity index (χ1v) is 4.07. The average Bonchev–Trinajstić information content (AvgIpc) is 2.41. The molecule has 1 unspecified atom stereocenters. The molecule has 1 fully saturated rings. The SMILES string of the molecule is CC(C)OCC1CS1. The summed E-state index contributed by atoms with van der Waals surface area (Å²) in [4.78, 5) is 0. The van der Waals surface area contributed by atoms with Crippen LogP contribution in [0.4, 0.5) is 0 Å². The third kappa shape index (κ3) is 2.58. The number of thioether (sulfide) groups is 1. The summed E-state index contributed by atoms with van der Waals surface area (Å²) in [6.45, 7) is 5.11. The molecule has 0 spiro atoms. The Morgan fingerprint density at radius 1 is 1.75 bits per heavy atom. The fraction of sp³-hybridized carbons (Fsp3) is 1.00. The summed E-state index contributed by atoms with van der Waals surface area (Å²) in [6, 6.07) is 0. The van der Waals surface area contributed by atoms with Gasteiger partial charge in [-0.3, -0.25) is 0 Å². The highest BCUT2D eigenvalue weighted by molar-refractivity contribution is 8.06. The Hall–Kier alpha value is 0.310. The Morgan fingerprint density at radius 2 is 2.38 bits per heavy atom. The van der Waals surface area contributed by atoms with Crippen molar-refractivity contribution in [1.29, 1.82) is 0 Å². The summed E-state index contributed by atoms with van der Waals surface area (Å²) in [7, 11) is 0. The van der Waals surface area contributed by atoms with E-state index in [0.29, 0.717) is 6.10 Å². The van der Waals surface area contributed by atoms with Crippen molar-refractivity contribution < 1.29 is 4.74 Å². The third-order valence-electron chi connectivity index (χ3n) is 1.02. The van der Waals surface area contributed by atoms with Crippen LogP contribution in [0, 0.1) is 0 Å². The van der Waals surface area contributed by atoms with Crippen molar-refractivity contribution in [3.8, 4) is 0 Å². The maximum Gasteiger partial charge on any atom is 0.0596 e. The van der Waals surface area contributed by atoms with E-state index in [9.17, 15) is 0 Å². The summed E-state index contributed by atoms with van der Waals surface area (Å²) in [5, 5.41) is 0.831. The molecule has 1 rings (SSSR count). The van der Waals surface area contributed by atoms with Crippen LogP contribution in [-0.2, 0) is 4.74 Å². The minimum absolute atomic E-state index is 0.413. The van der Waals surface area contributed by atoms with Crippen molar-refractivity contribution in [2.24, 2.45) is 0 Å². The van der Waals surface area contributed by atoms with Crippen LogP contribution in [0.25, 0.3) is 0 Å². The first-order valence-electron chi connectivity index (χ1n) is 3.02. The predicted molar refractivity (Wildman–Crippen MR) is 37.3 cm³/mol. The van der Waals surface area contributed by atoms with E-state index in [-0.39, 0.29) is 0 Å². The van der Waals surface area contributed by atoms with E-state index in [1.165, 1.54) is 5.75 Å². The second kappa shape index (κ2) is 2.74. The van der Waals surface area contributed by atoms with Gasteiger partial charge in [-0.15, -0.1) is 0 Å². The Morgan fingerprint density at radius 3 is 2.75 bits per heavy atom. The topological polar surface area (TPSA) is 9.23 Å². The molecule has 2 heteroatoms. The van der Waals surface area contributed by atoms with Crippen LogP contribution in [0.1, 0.15) is 13.8 Å². The van der Waals surface area contributed by atoms with Gasteiger partial charge in [0.2, 0.25) is 0 Å². The van der Waals surface area contributed by atoms with E-state index in [1.54, 1.807) is 0 Å². The average molecular weight is 132 g/mol. The Labute approximate surface area is 54.8 Å². The highest BCUT2D eigenvalue weighted by atomic mass is 32.2. The van der Waals surface area contributed by atoms with Crippen LogP contribution >= 0.6 is 11.8 Å². The molecule has 0 N–H and O–H groups in total. The van der Waals surface area contributed by atoms with E-state index in [1.807, 2.05) is 11.8 Å². The molecular formula is C6H12OS. The van der Waals surface area contributed by atoms with Gasteiger partial charge in [-0.05, 0) is 13.8 Å². The molecule has 0 aromatic carbocycles. The molecule has 0 radical (unpaired) electrons. The summed E-state index contributed by atoms with van der Waals surface area (Å²) in [6.07, 6.45) is 0.413. The number of hydrogen-bond donors (Lipinski definition) is 0. The summed E-state index contributed by atoms with van der Waals surface area (Å²) < 4.78 is 5.34. The van der Waals surface area contributed by atoms with E-state index in [4.69, 9.17) is 4.74 Å². The second-order valence-corrected chi connectivity index (χ2v) is 3.67. The van der Waals surface area contributed by atoms with Crippen LogP contribution < -0.4 is 0 Å². The highest BCUT2D eigenvalue weighted by Crippen LogP contribution is 2.30. The monoisotopic (exact) mass is 132 g/mol. The van der Waals surface area contributed by atoms with Crippen LogP contribution in [0.2, 0.25) is 0 Å². The first kappa shape index (κ1) is 6.43. The standard InChI is InChI=1S/C6H12OS/c1-5(2)7-3-6-4-8-6/h5-6H,3-4H2,1-2H3. The molecule has 0 saturated carbocycles. The highest BCUT2D eigenvalue weighted by Gasteiger charge is 2.22. The van der Waals surface area contributed by atoms with Crippen molar-refractivity contribution in [3.05, 3.63) is 0 Å². The Balaban J connectivity index is 1.87. The third-order valence-corrected chi connectivity index (χ3v) is 1.96. The molecule has 0 amide bonds. The van der Waals surface area contributed by atoms with Gasteiger partial charge in [-0.1, -0.05) is 0 Å². The fourth-order valence-electron chi connectivity index (χ4n) is 0.464. The molecule has 1 atom stereocenters. The molecule has 0 aliphatic carbocycles. The molecule has 8 heavy (non-hydrogen) atoms. The van der Waals surface area contributed by atoms with Gasteiger partial charge in [0.15, 0.2) is 0 Å². The lowest BCUT2D eigenvalue weighted by atomic mass is 10.4. The van der Waals surface area contributed by atoms with Gasteiger partial charge in [0.05, 0.1) is 12.7 Å². The molecule has 1 aliphatic heterocycles. The zero-order valence-electron chi connectivity index (χ0n) is 5.39. The fourth-order valence-corrected chi connectivity index (χ4v) is 0.871. The smallest absolute Gasteiger partial charge is 0.0596 e. The van der Waals surface area contributed by atoms with Gasteiger partial charge in [-0.25, -0.2) is 0 Å². The van der Waals surface area contributed by atoms with Gasteiger partial charge in [0.1, 0.15) is 0 Å². The second-order valence-electron chi connectivity index (χ2n) is 2.34. The largest absolute Gasteiger partial charge is 0.378 e. The Bertz CT molecular complexity index is 66.9. The maximum absolute atomic E-state index is 5.34. The predicted octanol–water partition coefficient (Wildman–Crippen LogP) is 1.53. The Kier molecular flexibility index (Phi) is 2.20. The van der Waals surface area contributed by atoms with Crippen molar-refractivity contribution in [2.45, 2.75) is 25.2 Å². The van der Waals surface area contributed by atoms with Crippen molar-refractivity contribution >= 4 is 11.8 Å². The number of rotatable bonds is 3. The van der Waals surface area contributed by atoms with E-state index >= 15 is 0 Å². The summed E-state index contributed by atoms with van der Waals surface area (Å²) in [5.74, 6) is 1.31. The van der Waals surface area contributed by atoms with Gasteiger partial charge >= 0.3 is 0 Å². The zero-order valence-corrected chi connectivity index (χ0v) is 6.20. The van der Waals surface area contributed by atoms with Gasteiger partial charge in [0, 0.05) is 11.0 Å². The number of hydrogen-bond acceptors (Lipinski definition) is 2. The van der Waals surface area contributed by atoms with Crippen molar-refractivity contribution in [1.82, 2.24) is 0 Å². The minimum atomic E-state index is 0.413. The minimum Gasteiger partial charge on any atom is -0.378 e. The molecular weight excluding hydrogens is 120 g/mol. The first-order chi connectivity index (χ1) is 3.79. The molecule has 1 nitrogen and oxygen atoms in total. The van der Waals surface area contributed by atoms with Crippen molar-refractivity contribution in [3.63, 3.8) is 0 Å². The lowest BCUT2D eigenvalue weighted by Crippen LogP contribution is -2.07. The molecule has 0 aromatic rings. The molecule has 0 bridgehead atoms. The lowest BCUT2D eigenvalue weighted by Gasteiger charge is -2.03. The van der Waals surface area contributed by atoms with E-state index < -0.39 is 0 Å². The summed E-state index contributed by atoms with van der Waals surface area (Å²) in [5.41, 5.74) is 0. The van der Waals surface area contributed by atoms with Gasteiger partial charge < -0.3 is 4.74 Å². The van der Waals surface area contributed by atoms with Crippen LogP contribution in [0.5, 0.6) is 0 Å². The van der Waals surface area contributed by atoms with E-state index in [2.05, 4.69) is 13.8 Å². The molecule has 1 heterocycles. The summed E-state index contributed by atoms with van der Waals surface area (Å²) >= 11 is 1.99. The molecule has 1 aliphatic rings.